The largest absolute Gasteiger partial charge is 0.333 e. The molecule has 2 aliphatic heterocycles. The summed E-state index contributed by atoms with van der Waals surface area (Å²) in [5, 5.41) is -3.73. The van der Waals surface area contributed by atoms with E-state index >= 15 is 0 Å². The third-order valence-corrected chi connectivity index (χ3v) is 10.8. The van der Waals surface area contributed by atoms with E-state index in [-0.39, 0.29) is 23.0 Å². The lowest BCUT2D eigenvalue weighted by molar-refractivity contribution is -0.197. The molecule has 16 nitrogen and oxygen atoms in total. The van der Waals surface area contributed by atoms with Crippen molar-refractivity contribution in [2.45, 2.75) is 87.5 Å². The van der Waals surface area contributed by atoms with Crippen molar-refractivity contribution in [3.63, 3.8) is 0 Å². The minimum Gasteiger partial charge on any atom is -0.330 e. The molecule has 0 spiro atoms. The van der Waals surface area contributed by atoms with Crippen molar-refractivity contribution in [1.82, 2.24) is 10.1 Å². The van der Waals surface area contributed by atoms with Crippen LogP contribution >= 0.6 is 21.6 Å². The van der Waals surface area contributed by atoms with Crippen LogP contribution in [-0.4, -0.2) is 93.6 Å². The van der Waals surface area contributed by atoms with Gasteiger partial charge < -0.3 is 9.68 Å². The molecule has 0 aromatic heterocycles. The zero-order valence-electron chi connectivity index (χ0n) is 22.4. The lowest BCUT2D eigenvalue weighted by atomic mass is 10.2. The fraction of sp³-hybridized carbons (Fsp3) is 0.727. The maximum atomic E-state index is 11.9. The monoisotopic (exact) mass is 676 g/mol. The molecule has 0 bridgehead atoms. The van der Waals surface area contributed by atoms with E-state index in [1.807, 2.05) is 0 Å². The minimum absolute atomic E-state index is 0.0593. The van der Waals surface area contributed by atoms with E-state index < -0.39 is 79.1 Å². The van der Waals surface area contributed by atoms with Gasteiger partial charge in [-0.1, -0.05) is 47.3 Å². The molecule has 20 heteroatoms. The molecule has 0 saturated carbocycles. The lowest BCUT2D eigenvalue weighted by Gasteiger charge is -2.13. The van der Waals surface area contributed by atoms with Gasteiger partial charge in [-0.2, -0.15) is 16.8 Å². The Morgan fingerprint density at radius 1 is 0.643 bits per heavy atom. The van der Waals surface area contributed by atoms with Crippen LogP contribution in [0.15, 0.2) is 0 Å². The van der Waals surface area contributed by atoms with Gasteiger partial charge in [-0.3, -0.25) is 28.3 Å². The van der Waals surface area contributed by atoms with Crippen LogP contribution in [0.5, 0.6) is 0 Å². The normalized spacial score (nSPS) is 19.6. The molecular formula is C22H32N2O14S4. The predicted octanol–water partition coefficient (Wildman–Crippen LogP) is 1.22. The van der Waals surface area contributed by atoms with Crippen LogP contribution < -0.4 is 0 Å². The van der Waals surface area contributed by atoms with Gasteiger partial charge in [0.15, 0.2) is 10.5 Å². The summed E-state index contributed by atoms with van der Waals surface area (Å²) >= 11 is 0. The molecule has 2 fully saturated rings. The zero-order valence-corrected chi connectivity index (χ0v) is 25.6. The number of amides is 4. The molecule has 0 aromatic carbocycles. The molecule has 2 saturated heterocycles. The van der Waals surface area contributed by atoms with Crippen LogP contribution in [0.1, 0.15) is 77.0 Å². The Morgan fingerprint density at radius 3 is 1.29 bits per heavy atom. The quantitative estimate of drug-likeness (QED) is 0.0846. The van der Waals surface area contributed by atoms with Gasteiger partial charge in [0.2, 0.25) is 0 Å². The van der Waals surface area contributed by atoms with Crippen LogP contribution in [0.25, 0.3) is 0 Å². The molecule has 0 radical (unpaired) electrons. The van der Waals surface area contributed by atoms with Gasteiger partial charge in [0, 0.05) is 24.3 Å². The molecule has 2 unspecified atom stereocenters. The Hall–Kier alpha value is -2.26. The number of imide groups is 2. The highest BCUT2D eigenvalue weighted by atomic mass is 33.1. The van der Waals surface area contributed by atoms with Crippen LogP contribution in [0.4, 0.5) is 0 Å². The second-order valence-corrected chi connectivity index (χ2v) is 15.3. The first kappa shape index (κ1) is 35.9. The van der Waals surface area contributed by atoms with Crippen molar-refractivity contribution < 1.29 is 64.4 Å². The van der Waals surface area contributed by atoms with Crippen LogP contribution in [-0.2, 0) is 58.7 Å². The molecule has 2 rings (SSSR count). The predicted molar refractivity (Wildman–Crippen MR) is 147 cm³/mol. The van der Waals surface area contributed by atoms with Gasteiger partial charge in [0.1, 0.15) is 0 Å². The molecular weight excluding hydrogens is 645 g/mol. The fourth-order valence-corrected chi connectivity index (χ4v) is 7.50. The molecule has 2 atom stereocenters. The summed E-state index contributed by atoms with van der Waals surface area (Å²) in [6.45, 7) is 0. The molecule has 2 N–H and O–H groups in total. The Morgan fingerprint density at radius 2 is 0.976 bits per heavy atom. The standard InChI is InChI=1S/C22H32N2O14S4/c25-17-13-15(41(31,32)33)21(29)23(17)37-19(27)9-5-1-3-7-11-39-40-12-8-4-2-6-10-20(28)38-24-18(26)14-16(22(24)30)42(34,35)36/h15-16H,1-14H2,(H,31,32,33)(H,34,35,36). The number of unbranched alkanes of at least 4 members (excludes halogenated alkanes) is 6. The van der Waals surface area contributed by atoms with Crippen molar-refractivity contribution in [3.8, 4) is 0 Å². The number of carbonyl (C=O) groups is 6. The molecule has 42 heavy (non-hydrogen) atoms. The highest BCUT2D eigenvalue weighted by Gasteiger charge is 2.49. The molecule has 2 heterocycles. The lowest BCUT2D eigenvalue weighted by Crippen LogP contribution is -2.36. The zero-order chi connectivity index (χ0) is 31.5. The fourth-order valence-electron chi connectivity index (χ4n) is 3.80. The summed E-state index contributed by atoms with van der Waals surface area (Å²) in [7, 11) is -6.14. The van der Waals surface area contributed by atoms with Crippen molar-refractivity contribution in [1.29, 1.82) is 0 Å². The van der Waals surface area contributed by atoms with Crippen molar-refractivity contribution in [2.75, 3.05) is 11.5 Å². The first-order valence-electron chi connectivity index (χ1n) is 12.9. The second-order valence-electron chi connectivity index (χ2n) is 9.37. The summed E-state index contributed by atoms with van der Waals surface area (Å²) in [6, 6.07) is 0. The number of hydrogen-bond donors (Lipinski definition) is 2. The summed E-state index contributed by atoms with van der Waals surface area (Å²) < 4.78 is 62.3. The number of hydrogen-bond acceptors (Lipinski definition) is 14. The van der Waals surface area contributed by atoms with Gasteiger partial charge in [0.05, 0.1) is 12.8 Å². The average Bonchev–Trinajstić information content (AvgIpc) is 3.34. The average molecular weight is 677 g/mol. The van der Waals surface area contributed by atoms with Crippen molar-refractivity contribution in [3.05, 3.63) is 0 Å². The van der Waals surface area contributed by atoms with E-state index in [4.69, 9.17) is 9.11 Å². The summed E-state index contributed by atoms with van der Waals surface area (Å²) in [6.07, 6.45) is 4.14. The number of rotatable bonds is 19. The van der Waals surface area contributed by atoms with Gasteiger partial charge in [0.25, 0.3) is 43.9 Å². The van der Waals surface area contributed by atoms with Gasteiger partial charge in [-0.25, -0.2) is 9.59 Å². The number of hydroxylamine groups is 4. The van der Waals surface area contributed by atoms with E-state index in [0.717, 1.165) is 37.2 Å². The molecule has 4 amide bonds. The Bertz CT molecular complexity index is 1160. The van der Waals surface area contributed by atoms with Gasteiger partial charge in [-0.05, 0) is 25.7 Å². The Labute approximate surface area is 250 Å². The topological polar surface area (TPSA) is 236 Å². The third-order valence-electron chi connectivity index (χ3n) is 6.03. The van der Waals surface area contributed by atoms with E-state index in [2.05, 4.69) is 9.68 Å². The molecule has 0 aliphatic carbocycles. The van der Waals surface area contributed by atoms with E-state index in [0.29, 0.717) is 25.7 Å². The first-order valence-corrected chi connectivity index (χ1v) is 18.4. The Balaban J connectivity index is 1.41. The van der Waals surface area contributed by atoms with Gasteiger partial charge in [-0.15, -0.1) is 10.1 Å². The SMILES string of the molecule is O=C(CCCCCCSSCCCCCCC(=O)ON1C(=O)CC(S(=O)(=O)O)C1=O)ON1C(=O)CC(S(=O)(=O)O)C1=O. The summed E-state index contributed by atoms with van der Waals surface area (Å²) in [4.78, 5) is 80.1. The summed E-state index contributed by atoms with van der Waals surface area (Å²) in [5.74, 6) is -4.52. The van der Waals surface area contributed by atoms with Crippen LogP contribution in [0.3, 0.4) is 0 Å². The van der Waals surface area contributed by atoms with Crippen molar-refractivity contribution in [2.24, 2.45) is 0 Å². The van der Waals surface area contributed by atoms with E-state index in [1.54, 1.807) is 21.6 Å². The summed E-state index contributed by atoms with van der Waals surface area (Å²) in [5.41, 5.74) is 0. The highest BCUT2D eigenvalue weighted by Crippen LogP contribution is 2.25. The van der Waals surface area contributed by atoms with Crippen molar-refractivity contribution >= 4 is 77.4 Å². The van der Waals surface area contributed by atoms with E-state index in [1.165, 1.54) is 0 Å². The molecule has 2 aliphatic rings. The number of nitrogens with zero attached hydrogens (tertiary/aromatic N) is 2. The highest BCUT2D eigenvalue weighted by molar-refractivity contribution is 8.76. The first-order chi connectivity index (χ1) is 19.6. The third kappa shape index (κ3) is 11.4. The molecule has 0 aromatic rings. The maximum absolute atomic E-state index is 11.9. The van der Waals surface area contributed by atoms with Gasteiger partial charge >= 0.3 is 11.9 Å². The van der Waals surface area contributed by atoms with E-state index in [9.17, 15) is 45.6 Å². The Kier molecular flexibility index (Phi) is 14.2. The van der Waals surface area contributed by atoms with Crippen LogP contribution in [0, 0.1) is 0 Å². The smallest absolute Gasteiger partial charge is 0.330 e. The maximum Gasteiger partial charge on any atom is 0.333 e. The van der Waals surface area contributed by atoms with Crippen LogP contribution in [0.2, 0.25) is 0 Å². The second kappa shape index (κ2) is 16.6. The number of carbonyl (C=O) groups excluding carboxylic acids is 6. The minimum atomic E-state index is -4.77. The molecule has 238 valence electrons.